The fourth-order valence-electron chi connectivity index (χ4n) is 4.38. The minimum atomic E-state index is -4.41. The van der Waals surface area contributed by atoms with Crippen molar-refractivity contribution in [2.24, 2.45) is 5.92 Å². The van der Waals surface area contributed by atoms with Gasteiger partial charge in [0.25, 0.3) is 5.91 Å². The topological polar surface area (TPSA) is 55.8 Å². The Balaban J connectivity index is 1.52. The first-order chi connectivity index (χ1) is 15.4. The minimum Gasteiger partial charge on any atom is -0.491 e. The molecular formula is C25H26F3NO4. The molecule has 0 aromatic heterocycles. The van der Waals surface area contributed by atoms with Crippen LogP contribution < -0.4 is 4.74 Å². The molecule has 176 valence electrons. The lowest BCUT2D eigenvalue weighted by Gasteiger charge is -2.21. The fraction of sp³-hybridized carbons (Fsp3) is 0.440. The molecule has 2 aliphatic rings. The van der Waals surface area contributed by atoms with Gasteiger partial charge in [0.2, 0.25) is 0 Å². The van der Waals surface area contributed by atoms with Gasteiger partial charge < -0.3 is 14.4 Å². The summed E-state index contributed by atoms with van der Waals surface area (Å²) in [7, 11) is 0. The molecule has 1 saturated heterocycles. The molecule has 2 aliphatic heterocycles. The standard InChI is InChI=1S/C25H26F3NO4/c1-24(2,3)33-22(30)11-15-10-19-14-32-21-9-6-17(12-20(21)23(31)29(19)13-15)16-4-7-18(8-5-16)25(26,27)28/h4-9,12,15,19H,10-11,13-14H2,1-3H3/t15-,19+/m0/s1. The molecule has 0 saturated carbocycles. The van der Waals surface area contributed by atoms with Gasteiger partial charge in [-0.05, 0) is 68.5 Å². The van der Waals surface area contributed by atoms with Crippen LogP contribution in [0.3, 0.4) is 0 Å². The van der Waals surface area contributed by atoms with Crippen LogP contribution in [-0.4, -0.2) is 41.6 Å². The van der Waals surface area contributed by atoms with Crippen LogP contribution in [0.4, 0.5) is 13.2 Å². The van der Waals surface area contributed by atoms with Crippen LogP contribution in [0.25, 0.3) is 11.1 Å². The predicted octanol–water partition coefficient (Wildman–Crippen LogP) is 5.33. The molecule has 2 aromatic carbocycles. The van der Waals surface area contributed by atoms with Gasteiger partial charge in [-0.1, -0.05) is 18.2 Å². The van der Waals surface area contributed by atoms with Gasteiger partial charge in [0, 0.05) is 6.54 Å². The number of nitrogens with zero attached hydrogens (tertiary/aromatic N) is 1. The number of hydrogen-bond acceptors (Lipinski definition) is 4. The Hall–Kier alpha value is -3.03. The number of ether oxygens (including phenoxy) is 2. The molecule has 2 heterocycles. The number of esters is 1. The molecule has 0 spiro atoms. The molecule has 1 amide bonds. The minimum absolute atomic E-state index is 0.0166. The molecule has 5 nitrogen and oxygen atoms in total. The first-order valence-electron chi connectivity index (χ1n) is 10.9. The molecule has 0 bridgehead atoms. The number of halogens is 3. The summed E-state index contributed by atoms with van der Waals surface area (Å²) in [5.74, 6) is -0.0535. The Morgan fingerprint density at radius 2 is 1.76 bits per heavy atom. The summed E-state index contributed by atoms with van der Waals surface area (Å²) >= 11 is 0. The van der Waals surface area contributed by atoms with Crippen LogP contribution in [0.1, 0.15) is 49.5 Å². The van der Waals surface area contributed by atoms with Crippen molar-refractivity contribution in [2.45, 2.75) is 51.4 Å². The second-order valence-electron chi connectivity index (χ2n) is 9.60. The van der Waals surface area contributed by atoms with E-state index in [4.69, 9.17) is 9.47 Å². The number of carbonyl (C=O) groups excluding carboxylic acids is 2. The molecular weight excluding hydrogens is 435 g/mol. The van der Waals surface area contributed by atoms with Gasteiger partial charge in [0.15, 0.2) is 0 Å². The number of benzene rings is 2. The fourth-order valence-corrected chi connectivity index (χ4v) is 4.38. The number of alkyl halides is 3. The van der Waals surface area contributed by atoms with Gasteiger partial charge in [0.05, 0.1) is 23.6 Å². The molecule has 0 aliphatic carbocycles. The van der Waals surface area contributed by atoms with E-state index in [-0.39, 0.29) is 30.3 Å². The summed E-state index contributed by atoms with van der Waals surface area (Å²) in [6.07, 6.45) is -3.53. The lowest BCUT2D eigenvalue weighted by atomic mass is 10.0. The van der Waals surface area contributed by atoms with Gasteiger partial charge in [-0.3, -0.25) is 9.59 Å². The van der Waals surface area contributed by atoms with Crippen LogP contribution >= 0.6 is 0 Å². The van der Waals surface area contributed by atoms with Crippen molar-refractivity contribution in [2.75, 3.05) is 13.2 Å². The second-order valence-corrected chi connectivity index (χ2v) is 9.60. The van der Waals surface area contributed by atoms with Crippen LogP contribution in [-0.2, 0) is 15.7 Å². The van der Waals surface area contributed by atoms with E-state index in [1.54, 1.807) is 23.1 Å². The summed E-state index contributed by atoms with van der Waals surface area (Å²) in [5, 5.41) is 0. The molecule has 33 heavy (non-hydrogen) atoms. The van der Waals surface area contributed by atoms with E-state index < -0.39 is 17.3 Å². The summed E-state index contributed by atoms with van der Waals surface area (Å²) in [4.78, 5) is 27.3. The maximum Gasteiger partial charge on any atom is 0.416 e. The first-order valence-corrected chi connectivity index (χ1v) is 10.9. The molecule has 2 atom stereocenters. The van der Waals surface area contributed by atoms with Gasteiger partial charge in [-0.2, -0.15) is 13.2 Å². The maximum atomic E-state index is 13.3. The molecule has 2 aromatic rings. The summed E-state index contributed by atoms with van der Waals surface area (Å²) in [6.45, 7) is 6.19. The van der Waals surface area contributed by atoms with Gasteiger partial charge in [-0.15, -0.1) is 0 Å². The third-order valence-corrected chi connectivity index (χ3v) is 5.82. The molecule has 1 fully saturated rings. The van der Waals surface area contributed by atoms with E-state index in [2.05, 4.69) is 0 Å². The van der Waals surface area contributed by atoms with E-state index in [9.17, 15) is 22.8 Å². The van der Waals surface area contributed by atoms with Crippen molar-refractivity contribution in [3.05, 3.63) is 53.6 Å². The third-order valence-electron chi connectivity index (χ3n) is 5.82. The lowest BCUT2D eigenvalue weighted by Crippen LogP contribution is -2.36. The van der Waals surface area contributed by atoms with Crippen LogP contribution in [0, 0.1) is 5.92 Å². The zero-order chi connectivity index (χ0) is 24.0. The molecule has 4 rings (SSSR count). The van der Waals surface area contributed by atoms with Crippen molar-refractivity contribution in [1.82, 2.24) is 4.90 Å². The van der Waals surface area contributed by atoms with Crippen molar-refractivity contribution in [3.8, 4) is 16.9 Å². The van der Waals surface area contributed by atoms with Crippen LogP contribution in [0.15, 0.2) is 42.5 Å². The molecule has 0 radical (unpaired) electrons. The van der Waals surface area contributed by atoms with Crippen LogP contribution in [0.5, 0.6) is 5.75 Å². The largest absolute Gasteiger partial charge is 0.491 e. The Labute approximate surface area is 190 Å². The summed E-state index contributed by atoms with van der Waals surface area (Å²) in [6, 6.07) is 9.76. The average Bonchev–Trinajstić information content (AvgIpc) is 3.06. The van der Waals surface area contributed by atoms with E-state index in [1.165, 1.54) is 12.1 Å². The zero-order valence-corrected chi connectivity index (χ0v) is 18.7. The number of fused-ring (bicyclic) bond motifs is 2. The van der Waals surface area contributed by atoms with Gasteiger partial charge in [-0.25, -0.2) is 0 Å². The highest BCUT2D eigenvalue weighted by atomic mass is 19.4. The smallest absolute Gasteiger partial charge is 0.416 e. The monoisotopic (exact) mass is 461 g/mol. The van der Waals surface area contributed by atoms with Crippen molar-refractivity contribution in [3.63, 3.8) is 0 Å². The van der Waals surface area contributed by atoms with Crippen LogP contribution in [0.2, 0.25) is 0 Å². The van der Waals surface area contributed by atoms with E-state index in [0.717, 1.165) is 12.1 Å². The third kappa shape index (κ3) is 5.15. The molecule has 8 heteroatoms. The highest BCUT2D eigenvalue weighted by molar-refractivity contribution is 5.99. The quantitative estimate of drug-likeness (QED) is 0.580. The molecule has 0 unspecified atom stereocenters. The summed E-state index contributed by atoms with van der Waals surface area (Å²) < 4.78 is 49.9. The number of carbonyl (C=O) groups is 2. The van der Waals surface area contributed by atoms with E-state index in [0.29, 0.717) is 42.0 Å². The highest BCUT2D eigenvalue weighted by Crippen LogP contribution is 2.36. The number of amides is 1. The maximum absolute atomic E-state index is 13.3. The number of hydrogen-bond donors (Lipinski definition) is 0. The zero-order valence-electron chi connectivity index (χ0n) is 18.7. The Morgan fingerprint density at radius 1 is 1.09 bits per heavy atom. The second kappa shape index (κ2) is 8.39. The molecule has 0 N–H and O–H groups in total. The van der Waals surface area contributed by atoms with Gasteiger partial charge >= 0.3 is 12.1 Å². The highest BCUT2D eigenvalue weighted by Gasteiger charge is 2.40. The normalized spacial score (nSPS) is 20.5. The average molecular weight is 461 g/mol. The van der Waals surface area contributed by atoms with E-state index in [1.807, 2.05) is 20.8 Å². The van der Waals surface area contributed by atoms with Gasteiger partial charge in [0.1, 0.15) is 18.0 Å². The van der Waals surface area contributed by atoms with Crippen molar-refractivity contribution in [1.29, 1.82) is 0 Å². The predicted molar refractivity (Wildman–Crippen MR) is 116 cm³/mol. The summed E-state index contributed by atoms with van der Waals surface area (Å²) in [5.41, 5.74) is 0.280. The Kier molecular flexibility index (Phi) is 5.88. The Morgan fingerprint density at radius 3 is 2.39 bits per heavy atom. The van der Waals surface area contributed by atoms with Crippen molar-refractivity contribution >= 4 is 11.9 Å². The van der Waals surface area contributed by atoms with E-state index >= 15 is 0 Å². The number of rotatable bonds is 3. The Bertz CT molecular complexity index is 1060. The lowest BCUT2D eigenvalue weighted by molar-refractivity contribution is -0.155. The first kappa shape index (κ1) is 23.1. The van der Waals surface area contributed by atoms with Crippen molar-refractivity contribution < 1.29 is 32.2 Å². The SMILES string of the molecule is CC(C)(C)OC(=O)C[C@@H]1C[C@@H]2COc3ccc(-c4ccc(C(F)(F)F)cc4)cc3C(=O)N2C1.